The van der Waals surface area contributed by atoms with E-state index >= 15 is 0 Å². The standard InChI is InChI=1S/C16H13BrClFN2/c1-9-15(19)5-11(8-20)6-16(9)21-10(2)13-4-3-12(17)7-14(13)18/h3-7,10,21H,1-2H3. The van der Waals surface area contributed by atoms with Crippen molar-refractivity contribution in [3.05, 3.63) is 62.3 Å². The van der Waals surface area contributed by atoms with E-state index in [2.05, 4.69) is 21.2 Å². The molecule has 21 heavy (non-hydrogen) atoms. The Labute approximate surface area is 136 Å². The van der Waals surface area contributed by atoms with Gasteiger partial charge in [-0.1, -0.05) is 33.6 Å². The molecular formula is C16H13BrClFN2. The van der Waals surface area contributed by atoms with Gasteiger partial charge < -0.3 is 5.32 Å². The van der Waals surface area contributed by atoms with Gasteiger partial charge in [0.1, 0.15) is 5.82 Å². The summed E-state index contributed by atoms with van der Waals surface area (Å²) in [5.41, 5.74) is 2.27. The summed E-state index contributed by atoms with van der Waals surface area (Å²) in [5.74, 6) is -0.398. The smallest absolute Gasteiger partial charge is 0.129 e. The van der Waals surface area contributed by atoms with Gasteiger partial charge in [0.25, 0.3) is 0 Å². The molecule has 0 saturated heterocycles. The minimum Gasteiger partial charge on any atom is -0.378 e. The summed E-state index contributed by atoms with van der Waals surface area (Å²) in [4.78, 5) is 0. The molecule has 0 aliphatic carbocycles. The first-order valence-electron chi connectivity index (χ1n) is 6.34. The van der Waals surface area contributed by atoms with Crippen LogP contribution in [0, 0.1) is 24.1 Å². The SMILES string of the molecule is Cc1c(F)cc(C#N)cc1NC(C)c1ccc(Br)cc1Cl. The third-order valence-electron chi connectivity index (χ3n) is 3.27. The van der Waals surface area contributed by atoms with Crippen LogP contribution in [0.3, 0.4) is 0 Å². The highest BCUT2D eigenvalue weighted by Crippen LogP contribution is 2.30. The Morgan fingerprint density at radius 2 is 2.05 bits per heavy atom. The Morgan fingerprint density at radius 1 is 1.33 bits per heavy atom. The highest BCUT2D eigenvalue weighted by atomic mass is 79.9. The van der Waals surface area contributed by atoms with E-state index in [0.717, 1.165) is 10.0 Å². The van der Waals surface area contributed by atoms with E-state index in [1.165, 1.54) is 6.07 Å². The number of anilines is 1. The number of nitriles is 1. The van der Waals surface area contributed by atoms with E-state index in [9.17, 15) is 4.39 Å². The second-order valence-electron chi connectivity index (χ2n) is 4.77. The molecule has 1 N–H and O–H groups in total. The molecule has 2 nitrogen and oxygen atoms in total. The molecule has 0 aliphatic rings. The van der Waals surface area contributed by atoms with Crippen LogP contribution in [0.4, 0.5) is 10.1 Å². The van der Waals surface area contributed by atoms with Gasteiger partial charge in [-0.3, -0.25) is 0 Å². The quantitative estimate of drug-likeness (QED) is 0.767. The Morgan fingerprint density at radius 3 is 2.67 bits per heavy atom. The van der Waals surface area contributed by atoms with Crippen molar-refractivity contribution in [2.45, 2.75) is 19.9 Å². The zero-order chi connectivity index (χ0) is 15.6. The zero-order valence-corrected chi connectivity index (χ0v) is 13.9. The molecule has 0 aliphatic heterocycles. The lowest BCUT2D eigenvalue weighted by molar-refractivity contribution is 0.618. The molecular weight excluding hydrogens is 355 g/mol. The molecule has 0 fully saturated rings. The van der Waals surface area contributed by atoms with Crippen LogP contribution in [0.15, 0.2) is 34.8 Å². The van der Waals surface area contributed by atoms with Crippen LogP contribution < -0.4 is 5.32 Å². The van der Waals surface area contributed by atoms with Crippen molar-refractivity contribution in [3.8, 4) is 6.07 Å². The van der Waals surface area contributed by atoms with Crippen LogP contribution in [0.5, 0.6) is 0 Å². The van der Waals surface area contributed by atoms with Crippen LogP contribution in [0.25, 0.3) is 0 Å². The zero-order valence-electron chi connectivity index (χ0n) is 11.5. The van der Waals surface area contributed by atoms with Gasteiger partial charge in [0, 0.05) is 20.7 Å². The van der Waals surface area contributed by atoms with Crippen LogP contribution in [0.1, 0.15) is 29.7 Å². The average Bonchev–Trinajstić information content (AvgIpc) is 2.43. The lowest BCUT2D eigenvalue weighted by Crippen LogP contribution is -2.09. The van der Waals surface area contributed by atoms with Crippen molar-refractivity contribution in [3.63, 3.8) is 0 Å². The predicted molar refractivity (Wildman–Crippen MR) is 87.0 cm³/mol. The van der Waals surface area contributed by atoms with E-state index in [1.807, 2.05) is 31.2 Å². The van der Waals surface area contributed by atoms with E-state index in [0.29, 0.717) is 16.3 Å². The first-order chi connectivity index (χ1) is 9.92. The topological polar surface area (TPSA) is 35.8 Å². The van der Waals surface area contributed by atoms with Crippen LogP contribution >= 0.6 is 27.5 Å². The van der Waals surface area contributed by atoms with E-state index < -0.39 is 5.82 Å². The molecule has 0 bridgehead atoms. The predicted octanol–water partition coefficient (Wildman–Crippen LogP) is 5.59. The number of hydrogen-bond donors (Lipinski definition) is 1. The molecule has 0 aromatic heterocycles. The van der Waals surface area contributed by atoms with E-state index in [-0.39, 0.29) is 11.6 Å². The molecule has 0 spiro atoms. The Hall–Kier alpha value is -1.57. The number of rotatable bonds is 3. The molecule has 0 saturated carbocycles. The minimum absolute atomic E-state index is 0.113. The summed E-state index contributed by atoms with van der Waals surface area (Å²) in [6, 6.07) is 10.3. The van der Waals surface area contributed by atoms with Crippen LogP contribution in [-0.4, -0.2) is 0 Å². The summed E-state index contributed by atoms with van der Waals surface area (Å²) < 4.78 is 14.7. The number of halogens is 3. The fourth-order valence-corrected chi connectivity index (χ4v) is 2.89. The van der Waals surface area contributed by atoms with Gasteiger partial charge in [-0.05, 0) is 43.7 Å². The minimum atomic E-state index is -0.398. The van der Waals surface area contributed by atoms with Gasteiger partial charge in [0.15, 0.2) is 0 Å². The van der Waals surface area contributed by atoms with E-state index in [1.54, 1.807) is 13.0 Å². The molecule has 5 heteroatoms. The summed E-state index contributed by atoms with van der Waals surface area (Å²) >= 11 is 9.59. The first-order valence-corrected chi connectivity index (χ1v) is 7.51. The van der Waals surface area contributed by atoms with Crippen molar-refractivity contribution in [1.82, 2.24) is 0 Å². The fourth-order valence-electron chi connectivity index (χ4n) is 2.06. The second kappa shape index (κ2) is 6.46. The molecule has 2 rings (SSSR count). The maximum absolute atomic E-state index is 13.8. The highest BCUT2D eigenvalue weighted by Gasteiger charge is 2.13. The van der Waals surface area contributed by atoms with Gasteiger partial charge >= 0.3 is 0 Å². The van der Waals surface area contributed by atoms with Crippen molar-refractivity contribution in [1.29, 1.82) is 5.26 Å². The average molecular weight is 368 g/mol. The molecule has 0 radical (unpaired) electrons. The summed E-state index contributed by atoms with van der Waals surface area (Å²) in [7, 11) is 0. The number of hydrogen-bond acceptors (Lipinski definition) is 2. The summed E-state index contributed by atoms with van der Waals surface area (Å²) in [6.07, 6.45) is 0. The van der Waals surface area contributed by atoms with E-state index in [4.69, 9.17) is 16.9 Å². The van der Waals surface area contributed by atoms with Gasteiger partial charge in [-0.25, -0.2) is 4.39 Å². The largest absolute Gasteiger partial charge is 0.378 e. The highest BCUT2D eigenvalue weighted by molar-refractivity contribution is 9.10. The Balaban J connectivity index is 2.33. The molecule has 108 valence electrons. The lowest BCUT2D eigenvalue weighted by Gasteiger charge is -2.19. The molecule has 2 aromatic carbocycles. The molecule has 0 amide bonds. The normalized spacial score (nSPS) is 11.8. The van der Waals surface area contributed by atoms with Crippen molar-refractivity contribution >= 4 is 33.2 Å². The maximum Gasteiger partial charge on any atom is 0.129 e. The molecule has 1 atom stereocenters. The van der Waals surface area contributed by atoms with Crippen molar-refractivity contribution < 1.29 is 4.39 Å². The Kier molecular flexibility index (Phi) is 4.87. The molecule has 2 aromatic rings. The third-order valence-corrected chi connectivity index (χ3v) is 4.10. The maximum atomic E-state index is 13.8. The monoisotopic (exact) mass is 366 g/mol. The third kappa shape index (κ3) is 3.55. The van der Waals surface area contributed by atoms with Crippen molar-refractivity contribution in [2.24, 2.45) is 0 Å². The number of nitrogens with one attached hydrogen (secondary N) is 1. The lowest BCUT2D eigenvalue weighted by atomic mass is 10.1. The van der Waals surface area contributed by atoms with Crippen LogP contribution in [-0.2, 0) is 0 Å². The Bertz CT molecular complexity index is 725. The van der Waals surface area contributed by atoms with Gasteiger partial charge in [0.05, 0.1) is 17.7 Å². The first kappa shape index (κ1) is 15.8. The molecule has 1 unspecified atom stereocenters. The van der Waals surface area contributed by atoms with Gasteiger partial charge in [-0.15, -0.1) is 0 Å². The number of nitrogens with zero attached hydrogens (tertiary/aromatic N) is 1. The summed E-state index contributed by atoms with van der Waals surface area (Å²) in [6.45, 7) is 3.61. The molecule has 0 heterocycles. The fraction of sp³-hybridized carbons (Fsp3) is 0.188. The van der Waals surface area contributed by atoms with Gasteiger partial charge in [0.2, 0.25) is 0 Å². The summed E-state index contributed by atoms with van der Waals surface area (Å²) in [5, 5.41) is 12.8. The second-order valence-corrected chi connectivity index (χ2v) is 6.10. The van der Waals surface area contributed by atoms with Gasteiger partial charge in [-0.2, -0.15) is 5.26 Å². The number of benzene rings is 2. The van der Waals surface area contributed by atoms with Crippen molar-refractivity contribution in [2.75, 3.05) is 5.32 Å². The van der Waals surface area contributed by atoms with Crippen LogP contribution in [0.2, 0.25) is 5.02 Å².